The van der Waals surface area contributed by atoms with Crippen molar-refractivity contribution < 1.29 is 0 Å². The Morgan fingerprint density at radius 3 is 2.63 bits per heavy atom. The van der Waals surface area contributed by atoms with Crippen LogP contribution in [0.4, 0.5) is 0 Å². The molecule has 0 saturated heterocycles. The fourth-order valence-corrected chi connectivity index (χ4v) is 3.84. The van der Waals surface area contributed by atoms with Crippen LogP contribution in [0.2, 0.25) is 0 Å². The highest BCUT2D eigenvalue weighted by molar-refractivity contribution is 5.76. The zero-order valence-electron chi connectivity index (χ0n) is 17.4. The first-order valence-corrected chi connectivity index (χ1v) is 10.2. The second-order valence-electron chi connectivity index (χ2n) is 8.33. The third-order valence-electron chi connectivity index (χ3n) is 6.33. The number of rotatable bonds is 5. The van der Waals surface area contributed by atoms with Gasteiger partial charge in [-0.25, -0.2) is 0 Å². The van der Waals surface area contributed by atoms with Crippen molar-refractivity contribution in [3.8, 4) is 0 Å². The Kier molecular flexibility index (Phi) is 5.89. The minimum absolute atomic E-state index is 0.232. The van der Waals surface area contributed by atoms with Gasteiger partial charge in [-0.2, -0.15) is 0 Å². The minimum atomic E-state index is 0.232. The van der Waals surface area contributed by atoms with E-state index >= 15 is 0 Å². The van der Waals surface area contributed by atoms with Crippen LogP contribution in [-0.2, 0) is 5.41 Å². The third-order valence-corrected chi connectivity index (χ3v) is 6.33. The van der Waals surface area contributed by atoms with Crippen molar-refractivity contribution in [3.05, 3.63) is 89.2 Å². The maximum atomic E-state index is 3.56. The van der Waals surface area contributed by atoms with Crippen LogP contribution in [0.5, 0.6) is 0 Å². The molecule has 1 N–H and O–H groups in total. The molecule has 1 nitrogen and oxygen atoms in total. The average Bonchev–Trinajstić information content (AvgIpc) is 2.73. The summed E-state index contributed by atoms with van der Waals surface area (Å²) < 4.78 is 0. The van der Waals surface area contributed by atoms with Crippen LogP contribution in [0.3, 0.4) is 0 Å². The molecule has 1 aromatic rings. The highest BCUT2D eigenvalue weighted by Crippen LogP contribution is 2.33. The van der Waals surface area contributed by atoms with Crippen LogP contribution < -0.4 is 5.32 Å². The molecule has 2 unspecified atom stereocenters. The monoisotopic (exact) mass is 359 g/mol. The van der Waals surface area contributed by atoms with E-state index in [1.54, 1.807) is 0 Å². The van der Waals surface area contributed by atoms with Gasteiger partial charge < -0.3 is 5.32 Å². The Hall–Kier alpha value is -2.28. The summed E-state index contributed by atoms with van der Waals surface area (Å²) in [6.45, 7) is 11.3. The predicted molar refractivity (Wildman–Crippen MR) is 119 cm³/mol. The van der Waals surface area contributed by atoms with Crippen LogP contribution >= 0.6 is 0 Å². The second kappa shape index (κ2) is 8.17. The quantitative estimate of drug-likeness (QED) is 0.576. The van der Waals surface area contributed by atoms with Crippen molar-refractivity contribution in [1.82, 2.24) is 5.32 Å². The lowest BCUT2D eigenvalue weighted by Gasteiger charge is -2.30. The van der Waals surface area contributed by atoms with E-state index in [1.165, 1.54) is 27.8 Å². The summed E-state index contributed by atoms with van der Waals surface area (Å²) >= 11 is 0. The zero-order chi connectivity index (χ0) is 19.4. The largest absolute Gasteiger partial charge is 0.381 e. The predicted octanol–water partition coefficient (Wildman–Crippen LogP) is 6.71. The van der Waals surface area contributed by atoms with E-state index in [1.807, 2.05) is 0 Å². The van der Waals surface area contributed by atoms with E-state index in [-0.39, 0.29) is 11.5 Å². The van der Waals surface area contributed by atoms with Crippen molar-refractivity contribution in [2.75, 3.05) is 0 Å². The number of allylic oxidation sites excluding steroid dienone is 7. The molecule has 2 aliphatic rings. The Labute approximate surface area is 165 Å². The van der Waals surface area contributed by atoms with Gasteiger partial charge in [-0.05, 0) is 66.7 Å². The summed E-state index contributed by atoms with van der Waals surface area (Å²) in [5.74, 6) is 0.495. The lowest BCUT2D eigenvalue weighted by molar-refractivity contribution is 0.506. The molecule has 0 aromatic heterocycles. The van der Waals surface area contributed by atoms with Crippen LogP contribution in [-0.4, -0.2) is 6.04 Å². The number of nitrogens with one attached hydrogen (secondary N) is 1. The summed E-state index contributed by atoms with van der Waals surface area (Å²) in [6.07, 6.45) is 17.9. The van der Waals surface area contributed by atoms with E-state index in [4.69, 9.17) is 0 Å². The molecule has 1 aliphatic carbocycles. The number of dihydropyridines is 1. The van der Waals surface area contributed by atoms with E-state index in [0.717, 1.165) is 12.8 Å². The number of hydrogen-bond acceptors (Lipinski definition) is 1. The summed E-state index contributed by atoms with van der Waals surface area (Å²) in [4.78, 5) is 0. The van der Waals surface area contributed by atoms with Crippen molar-refractivity contribution >= 4 is 5.57 Å². The Bertz CT molecular complexity index is 812. The van der Waals surface area contributed by atoms with Gasteiger partial charge in [-0.1, -0.05) is 81.0 Å². The van der Waals surface area contributed by atoms with E-state index in [0.29, 0.717) is 5.92 Å². The summed E-state index contributed by atoms with van der Waals surface area (Å²) in [5, 5.41) is 3.56. The first kappa shape index (κ1) is 19.5. The molecule has 0 saturated carbocycles. The van der Waals surface area contributed by atoms with Crippen molar-refractivity contribution in [1.29, 1.82) is 0 Å². The molecule has 0 fully saturated rings. The van der Waals surface area contributed by atoms with Crippen LogP contribution in [0.1, 0.15) is 58.6 Å². The third kappa shape index (κ3) is 4.18. The van der Waals surface area contributed by atoms with Gasteiger partial charge in [0, 0.05) is 5.92 Å². The van der Waals surface area contributed by atoms with Crippen molar-refractivity contribution in [2.24, 2.45) is 5.92 Å². The molecule has 0 amide bonds. The SMILES string of the molecule is C/C=C(\C)C1CC=CC=C1C1C=C(c2ccc(C(C)(C)CC)cc2)C=CN1. The van der Waals surface area contributed by atoms with E-state index in [9.17, 15) is 0 Å². The molecule has 1 aromatic carbocycles. The lowest BCUT2D eigenvalue weighted by Crippen LogP contribution is -2.31. The molecule has 1 aliphatic heterocycles. The van der Waals surface area contributed by atoms with E-state index in [2.05, 4.69) is 107 Å². The highest BCUT2D eigenvalue weighted by Gasteiger charge is 2.24. The molecule has 0 bridgehead atoms. The van der Waals surface area contributed by atoms with Gasteiger partial charge in [0.15, 0.2) is 0 Å². The number of hydrogen-bond donors (Lipinski definition) is 1. The summed E-state index contributed by atoms with van der Waals surface area (Å²) in [6, 6.07) is 9.38. The standard InChI is InChI=1S/C26H33N/c1-6-19(3)23-10-8-9-11-24(23)25-18-21(16-17-27-25)20-12-14-22(15-13-20)26(4,5)7-2/h6,8-9,11-18,23,25,27H,7,10H2,1-5H3/b19-6+. The normalized spacial score (nSPS) is 22.9. The molecule has 2 atom stereocenters. The van der Waals surface area contributed by atoms with E-state index < -0.39 is 0 Å². The maximum Gasteiger partial charge on any atom is 0.0670 e. The molecule has 0 radical (unpaired) electrons. The van der Waals surface area contributed by atoms with Crippen LogP contribution in [0.25, 0.3) is 5.57 Å². The highest BCUT2D eigenvalue weighted by atomic mass is 14.9. The lowest BCUT2D eigenvalue weighted by atomic mass is 9.80. The molecule has 142 valence electrons. The number of benzene rings is 1. The zero-order valence-corrected chi connectivity index (χ0v) is 17.4. The van der Waals surface area contributed by atoms with Gasteiger partial charge in [0.2, 0.25) is 0 Å². The average molecular weight is 360 g/mol. The van der Waals surface area contributed by atoms with Gasteiger partial charge >= 0.3 is 0 Å². The van der Waals surface area contributed by atoms with Crippen LogP contribution in [0, 0.1) is 5.92 Å². The first-order chi connectivity index (χ1) is 13.0. The first-order valence-electron chi connectivity index (χ1n) is 10.2. The van der Waals surface area contributed by atoms with Gasteiger partial charge in [0.25, 0.3) is 0 Å². The molecule has 1 heteroatoms. The molecular formula is C26H33N. The Morgan fingerprint density at radius 1 is 1.22 bits per heavy atom. The summed E-state index contributed by atoms with van der Waals surface area (Å²) in [7, 11) is 0. The molecule has 27 heavy (non-hydrogen) atoms. The van der Waals surface area contributed by atoms with Gasteiger partial charge in [0.1, 0.15) is 0 Å². The Morgan fingerprint density at radius 2 is 1.96 bits per heavy atom. The van der Waals surface area contributed by atoms with Gasteiger partial charge in [-0.15, -0.1) is 0 Å². The topological polar surface area (TPSA) is 12.0 Å². The fourth-order valence-electron chi connectivity index (χ4n) is 3.84. The smallest absolute Gasteiger partial charge is 0.0670 e. The molecule has 1 heterocycles. The molecular weight excluding hydrogens is 326 g/mol. The van der Waals surface area contributed by atoms with Crippen molar-refractivity contribution in [2.45, 2.75) is 58.9 Å². The Balaban J connectivity index is 1.87. The van der Waals surface area contributed by atoms with Crippen molar-refractivity contribution in [3.63, 3.8) is 0 Å². The van der Waals surface area contributed by atoms with Crippen LogP contribution in [0.15, 0.2) is 78.1 Å². The van der Waals surface area contributed by atoms with Gasteiger partial charge in [0.05, 0.1) is 6.04 Å². The molecule has 3 rings (SSSR count). The molecule has 0 spiro atoms. The minimum Gasteiger partial charge on any atom is -0.381 e. The van der Waals surface area contributed by atoms with Gasteiger partial charge in [-0.3, -0.25) is 0 Å². The summed E-state index contributed by atoms with van der Waals surface area (Å²) in [5.41, 5.74) is 7.14. The maximum absolute atomic E-state index is 3.56. The fraction of sp³-hybridized carbons (Fsp3) is 0.385. The second-order valence-corrected chi connectivity index (χ2v) is 8.33.